The molecule has 1 amide bonds. The number of aryl methyl sites for hydroxylation is 1. The molecule has 0 saturated carbocycles. The average Bonchev–Trinajstić information content (AvgIpc) is 3.03. The maximum Gasteiger partial charge on any atom is 0.251 e. The normalized spacial score (nSPS) is 17.4. The van der Waals surface area contributed by atoms with Gasteiger partial charge < -0.3 is 14.6 Å². The van der Waals surface area contributed by atoms with Crippen LogP contribution in [0.2, 0.25) is 0 Å². The molecule has 0 spiro atoms. The average molecular weight is 345 g/mol. The second-order valence-corrected chi connectivity index (χ2v) is 6.52. The molecule has 5 nitrogen and oxygen atoms in total. The zero-order valence-corrected chi connectivity index (χ0v) is 14.7. The highest BCUT2D eigenvalue weighted by atomic mass is 19.1. The quantitative estimate of drug-likeness (QED) is 0.904. The number of halogens is 1. The molecule has 1 aromatic carbocycles. The Hall–Kier alpha value is -2.18. The lowest BCUT2D eigenvalue weighted by atomic mass is 10.1. The summed E-state index contributed by atoms with van der Waals surface area (Å²) < 4.78 is 18.8. The van der Waals surface area contributed by atoms with Gasteiger partial charge in [-0.3, -0.25) is 9.69 Å². The van der Waals surface area contributed by atoms with Crippen molar-refractivity contribution in [3.63, 3.8) is 0 Å². The molecule has 25 heavy (non-hydrogen) atoms. The van der Waals surface area contributed by atoms with Gasteiger partial charge in [-0.2, -0.15) is 0 Å². The van der Waals surface area contributed by atoms with E-state index in [1.165, 1.54) is 24.3 Å². The molecule has 0 aliphatic carbocycles. The first-order valence-electron chi connectivity index (χ1n) is 8.55. The fraction of sp³-hybridized carbons (Fsp3) is 0.421. The molecule has 1 N–H and O–H groups in total. The summed E-state index contributed by atoms with van der Waals surface area (Å²) in [7, 11) is 2.11. The zero-order chi connectivity index (χ0) is 17.8. The van der Waals surface area contributed by atoms with E-state index in [-0.39, 0.29) is 17.8 Å². The fourth-order valence-electron chi connectivity index (χ4n) is 3.07. The summed E-state index contributed by atoms with van der Waals surface area (Å²) in [5.41, 5.74) is 0.453. The topological polar surface area (TPSA) is 48.7 Å². The highest BCUT2D eigenvalue weighted by molar-refractivity contribution is 5.94. The Labute approximate surface area is 147 Å². The fourth-order valence-corrected chi connectivity index (χ4v) is 3.07. The van der Waals surface area contributed by atoms with E-state index >= 15 is 0 Å². The van der Waals surface area contributed by atoms with E-state index in [1.807, 2.05) is 19.1 Å². The molecule has 1 saturated heterocycles. The minimum absolute atomic E-state index is 0.00759. The van der Waals surface area contributed by atoms with Gasteiger partial charge in [-0.05, 0) is 50.4 Å². The van der Waals surface area contributed by atoms with E-state index in [4.69, 9.17) is 4.42 Å². The molecule has 1 aliphatic rings. The number of nitrogens with zero attached hydrogens (tertiary/aromatic N) is 2. The largest absolute Gasteiger partial charge is 0.465 e. The number of rotatable bonds is 5. The van der Waals surface area contributed by atoms with Crippen molar-refractivity contribution >= 4 is 5.91 Å². The molecule has 1 atom stereocenters. The van der Waals surface area contributed by atoms with E-state index < -0.39 is 0 Å². The number of likely N-dealkylation sites (N-methyl/N-ethyl adjacent to an activating group) is 1. The summed E-state index contributed by atoms with van der Waals surface area (Å²) in [5, 5.41) is 2.96. The predicted octanol–water partition coefficient (Wildman–Crippen LogP) is 2.45. The van der Waals surface area contributed by atoms with Crippen molar-refractivity contribution in [2.24, 2.45) is 0 Å². The van der Waals surface area contributed by atoms with Gasteiger partial charge in [0, 0.05) is 38.3 Å². The molecule has 0 bridgehead atoms. The van der Waals surface area contributed by atoms with E-state index in [2.05, 4.69) is 22.2 Å². The third-order valence-electron chi connectivity index (χ3n) is 4.63. The SMILES string of the molecule is Cc1ccc(C(CNC(=O)c2ccc(F)cc2)N2CCN(C)CC2)o1. The van der Waals surface area contributed by atoms with Gasteiger partial charge in [0.15, 0.2) is 0 Å². The number of hydrogen-bond donors (Lipinski definition) is 1. The van der Waals surface area contributed by atoms with Gasteiger partial charge in [-0.1, -0.05) is 0 Å². The van der Waals surface area contributed by atoms with E-state index in [0.29, 0.717) is 12.1 Å². The van der Waals surface area contributed by atoms with Gasteiger partial charge in [0.25, 0.3) is 5.91 Å². The Morgan fingerprint density at radius 2 is 1.84 bits per heavy atom. The van der Waals surface area contributed by atoms with Crippen LogP contribution in [0.5, 0.6) is 0 Å². The lowest BCUT2D eigenvalue weighted by molar-refractivity contribution is 0.0849. The Bertz CT molecular complexity index is 706. The minimum atomic E-state index is -0.349. The van der Waals surface area contributed by atoms with Crippen LogP contribution in [0.3, 0.4) is 0 Å². The van der Waals surface area contributed by atoms with Crippen LogP contribution in [0, 0.1) is 12.7 Å². The number of nitrogens with one attached hydrogen (secondary N) is 1. The van der Waals surface area contributed by atoms with E-state index in [0.717, 1.165) is 37.7 Å². The predicted molar refractivity (Wildman–Crippen MR) is 94.0 cm³/mol. The monoisotopic (exact) mass is 345 g/mol. The molecular formula is C19H24FN3O2. The molecule has 3 rings (SSSR count). The molecule has 134 valence electrons. The van der Waals surface area contributed by atoms with Crippen molar-refractivity contribution in [3.05, 3.63) is 59.3 Å². The molecule has 2 heterocycles. The molecule has 0 radical (unpaired) electrons. The molecule has 1 unspecified atom stereocenters. The smallest absolute Gasteiger partial charge is 0.251 e. The van der Waals surface area contributed by atoms with Crippen molar-refractivity contribution in [2.45, 2.75) is 13.0 Å². The van der Waals surface area contributed by atoms with Gasteiger partial charge in [-0.25, -0.2) is 4.39 Å². The van der Waals surface area contributed by atoms with Crippen molar-refractivity contribution < 1.29 is 13.6 Å². The number of carbonyl (C=O) groups is 1. The van der Waals surface area contributed by atoms with Crippen LogP contribution >= 0.6 is 0 Å². The standard InChI is InChI=1S/C19H24FN3O2/c1-14-3-8-18(25-14)17(23-11-9-22(2)10-12-23)13-21-19(24)15-4-6-16(20)7-5-15/h3-8,17H,9-13H2,1-2H3,(H,21,24). The second-order valence-electron chi connectivity index (χ2n) is 6.52. The maximum atomic E-state index is 13.0. The van der Waals surface area contributed by atoms with Gasteiger partial charge in [0.1, 0.15) is 17.3 Å². The first-order valence-corrected chi connectivity index (χ1v) is 8.55. The number of piperazine rings is 1. The number of benzene rings is 1. The lowest BCUT2D eigenvalue weighted by Crippen LogP contribution is -2.48. The number of amides is 1. The van der Waals surface area contributed by atoms with Crippen LogP contribution in [0.4, 0.5) is 4.39 Å². The van der Waals surface area contributed by atoms with Gasteiger partial charge in [0.2, 0.25) is 0 Å². The number of hydrogen-bond acceptors (Lipinski definition) is 4. The van der Waals surface area contributed by atoms with Gasteiger partial charge in [-0.15, -0.1) is 0 Å². The highest BCUT2D eigenvalue weighted by Crippen LogP contribution is 2.23. The second kappa shape index (κ2) is 7.80. The van der Waals surface area contributed by atoms with E-state index in [9.17, 15) is 9.18 Å². The summed E-state index contributed by atoms with van der Waals surface area (Å²) in [5.74, 6) is 1.17. The molecule has 1 aromatic heterocycles. The van der Waals surface area contributed by atoms with E-state index in [1.54, 1.807) is 0 Å². The third kappa shape index (κ3) is 4.46. The summed E-state index contributed by atoms with van der Waals surface area (Å²) in [6, 6.07) is 9.49. The first kappa shape index (κ1) is 17.6. The molecule has 2 aromatic rings. The first-order chi connectivity index (χ1) is 12.0. The van der Waals surface area contributed by atoms with Gasteiger partial charge in [0.05, 0.1) is 6.04 Å². The van der Waals surface area contributed by atoms with Crippen LogP contribution in [0.1, 0.15) is 27.9 Å². The Morgan fingerprint density at radius 1 is 1.16 bits per heavy atom. The van der Waals surface area contributed by atoms with Crippen LogP contribution in [-0.2, 0) is 0 Å². The Kier molecular flexibility index (Phi) is 5.50. The molecule has 6 heteroatoms. The summed E-state index contributed by atoms with van der Waals surface area (Å²) in [6.07, 6.45) is 0. The van der Waals surface area contributed by atoms with Crippen LogP contribution in [-0.4, -0.2) is 55.5 Å². The van der Waals surface area contributed by atoms with Crippen molar-refractivity contribution in [3.8, 4) is 0 Å². The van der Waals surface area contributed by atoms with Crippen LogP contribution < -0.4 is 5.32 Å². The Morgan fingerprint density at radius 3 is 2.44 bits per heavy atom. The summed E-state index contributed by atoms with van der Waals surface area (Å²) >= 11 is 0. The van der Waals surface area contributed by atoms with Crippen LogP contribution in [0.15, 0.2) is 40.8 Å². The third-order valence-corrected chi connectivity index (χ3v) is 4.63. The summed E-state index contributed by atoms with van der Waals surface area (Å²) in [4.78, 5) is 17.0. The zero-order valence-electron chi connectivity index (χ0n) is 14.7. The summed E-state index contributed by atoms with van der Waals surface area (Å²) in [6.45, 7) is 6.19. The van der Waals surface area contributed by atoms with Crippen molar-refractivity contribution in [1.82, 2.24) is 15.1 Å². The molecule has 1 fully saturated rings. The van der Waals surface area contributed by atoms with Crippen LogP contribution in [0.25, 0.3) is 0 Å². The maximum absolute atomic E-state index is 13.0. The lowest BCUT2D eigenvalue weighted by Gasteiger charge is -2.37. The molecule has 1 aliphatic heterocycles. The Balaban J connectivity index is 1.69. The minimum Gasteiger partial charge on any atom is -0.465 e. The van der Waals surface area contributed by atoms with Crippen molar-refractivity contribution in [1.29, 1.82) is 0 Å². The molecular weight excluding hydrogens is 321 g/mol. The van der Waals surface area contributed by atoms with Gasteiger partial charge >= 0.3 is 0 Å². The number of carbonyl (C=O) groups excluding carboxylic acids is 1. The highest BCUT2D eigenvalue weighted by Gasteiger charge is 2.26. The number of furan rings is 1. The van der Waals surface area contributed by atoms with Crippen molar-refractivity contribution in [2.75, 3.05) is 39.8 Å².